The predicted octanol–water partition coefficient (Wildman–Crippen LogP) is 6.60. The second kappa shape index (κ2) is 9.10. The van der Waals surface area contributed by atoms with Crippen molar-refractivity contribution >= 4 is 32.9 Å². The summed E-state index contributed by atoms with van der Waals surface area (Å²) in [5.41, 5.74) is 2.82. The van der Waals surface area contributed by atoms with Gasteiger partial charge in [-0.3, -0.25) is 0 Å². The van der Waals surface area contributed by atoms with E-state index < -0.39 is 27.6 Å². The Balaban J connectivity index is 0.00000264. The molecule has 0 amide bonds. The largest absolute Gasteiger partial charge is 0.147 e. The van der Waals surface area contributed by atoms with Crippen LogP contribution in [-0.2, 0) is 25.0 Å². The van der Waals surface area contributed by atoms with Gasteiger partial charge in [-0.15, -0.1) is 24.8 Å². The molecule has 0 fully saturated rings. The topological polar surface area (TPSA) is 9.23 Å². The minimum absolute atomic E-state index is 0. The van der Waals surface area contributed by atoms with Crippen LogP contribution in [0.1, 0.15) is 38.3 Å². The van der Waals surface area contributed by atoms with E-state index in [4.69, 9.17) is 3.32 Å². The molecule has 1 aromatic carbocycles. The minimum atomic E-state index is -1.23. The summed E-state index contributed by atoms with van der Waals surface area (Å²) in [4.78, 5) is 0. The zero-order valence-electron chi connectivity index (χ0n) is 15.8. The molecule has 2 rings (SSSR count). The molecule has 1 aliphatic rings. The first-order valence-electron chi connectivity index (χ1n) is 8.02. The maximum Gasteiger partial charge on any atom is -0.147 e. The van der Waals surface area contributed by atoms with Gasteiger partial charge in [-0.25, -0.2) is 0 Å². The molecule has 0 aromatic heterocycles. The van der Waals surface area contributed by atoms with E-state index in [0.717, 1.165) is 12.2 Å². The number of hydrogen-bond donors (Lipinski definition) is 0. The fourth-order valence-corrected chi connectivity index (χ4v) is 7.43. The summed E-state index contributed by atoms with van der Waals surface area (Å²) < 4.78 is 7.88. The molecule has 0 spiro atoms. The van der Waals surface area contributed by atoms with E-state index in [1.807, 2.05) is 0 Å². The van der Waals surface area contributed by atoms with Crippen molar-refractivity contribution in [1.82, 2.24) is 0 Å². The third kappa shape index (κ3) is 6.39. The normalized spacial score (nSPS) is 14.1. The van der Waals surface area contributed by atoms with Gasteiger partial charge in [-0.2, -0.15) is 0 Å². The van der Waals surface area contributed by atoms with Crippen LogP contribution in [0.15, 0.2) is 39.4 Å². The minimum Gasteiger partial charge on any atom is -0.147 e. The molecule has 0 aliphatic heterocycles. The summed E-state index contributed by atoms with van der Waals surface area (Å²) >= 11 is -0.523. The van der Waals surface area contributed by atoms with Gasteiger partial charge >= 0.3 is 146 Å². The number of halogens is 2. The molecule has 5 heteroatoms. The Hall–Kier alpha value is 0.0112. The molecule has 0 saturated carbocycles. The second-order valence-corrected chi connectivity index (χ2v) is 14.9. The quantitative estimate of drug-likeness (QED) is 0.498. The van der Waals surface area contributed by atoms with Crippen molar-refractivity contribution in [2.75, 3.05) is 0 Å². The molecule has 0 bridgehead atoms. The zero-order chi connectivity index (χ0) is 16.5. The Labute approximate surface area is 170 Å². The van der Waals surface area contributed by atoms with Crippen molar-refractivity contribution in [3.63, 3.8) is 0 Å². The number of hydrogen-bond acceptors (Lipinski definition) is 1. The van der Waals surface area contributed by atoms with Gasteiger partial charge in [0.1, 0.15) is 0 Å². The zero-order valence-corrected chi connectivity index (χ0v) is 20.0. The van der Waals surface area contributed by atoms with Crippen LogP contribution in [-0.4, -0.2) is 8.07 Å². The Morgan fingerprint density at radius 3 is 2.21 bits per heavy atom. The molecular weight excluding hydrogens is 391 g/mol. The molecule has 0 unspecified atom stereocenters. The van der Waals surface area contributed by atoms with E-state index in [1.165, 1.54) is 11.1 Å². The van der Waals surface area contributed by atoms with Gasteiger partial charge in [0.05, 0.1) is 0 Å². The molecule has 24 heavy (non-hydrogen) atoms. The number of benzene rings is 1. The van der Waals surface area contributed by atoms with E-state index in [-0.39, 0.29) is 30.2 Å². The standard InChI is InChI=1S/C11H16O.C8H13Si.2ClH.Ti/c1-8-5-9(11(2,3)4)7-10(12)6-8;1-9(2,3)8-6-4-5-7-8;;;/h5-7,12H,1-4H3;4,6H,5H2,1-3H3;2*1H;/q;;;;+1/p-1. The molecule has 0 radical (unpaired) electrons. The van der Waals surface area contributed by atoms with Gasteiger partial charge in [0.25, 0.3) is 0 Å². The summed E-state index contributed by atoms with van der Waals surface area (Å²) in [6.07, 6.45) is 5.77. The molecule has 1 nitrogen and oxygen atoms in total. The van der Waals surface area contributed by atoms with Crippen LogP contribution in [0.2, 0.25) is 19.6 Å². The third-order valence-corrected chi connectivity index (χ3v) is 8.07. The van der Waals surface area contributed by atoms with Gasteiger partial charge in [-0.05, 0) is 0 Å². The first kappa shape index (κ1) is 24.0. The predicted molar refractivity (Wildman–Crippen MR) is 109 cm³/mol. The van der Waals surface area contributed by atoms with Crippen LogP contribution in [0.3, 0.4) is 0 Å². The van der Waals surface area contributed by atoms with Gasteiger partial charge in [0, 0.05) is 0 Å². The SMILES string of the molecule is Cc1cc([O][Ti][C]2=C([Si](C)(C)C)C=CC2)cc(C(C)(C)C)c1.Cl.Cl. The van der Waals surface area contributed by atoms with E-state index in [1.54, 1.807) is 9.07 Å². The molecular formula is C19H30Cl2OSiTi. The van der Waals surface area contributed by atoms with Crippen LogP contribution in [0.4, 0.5) is 0 Å². The van der Waals surface area contributed by atoms with Crippen molar-refractivity contribution in [2.24, 2.45) is 0 Å². The van der Waals surface area contributed by atoms with Crippen LogP contribution in [0.25, 0.3) is 0 Å². The summed E-state index contributed by atoms with van der Waals surface area (Å²) in [6, 6.07) is 6.68. The fourth-order valence-electron chi connectivity index (χ4n) is 2.66. The number of allylic oxidation sites excluding steroid dienone is 4. The summed E-state index contributed by atoms with van der Waals surface area (Å²) in [6.45, 7) is 16.2. The second-order valence-electron chi connectivity index (χ2n) is 8.24. The van der Waals surface area contributed by atoms with Crippen molar-refractivity contribution in [3.05, 3.63) is 50.6 Å². The monoisotopic (exact) mass is 420 g/mol. The maximum atomic E-state index is 6.28. The third-order valence-electron chi connectivity index (χ3n) is 3.95. The summed E-state index contributed by atoms with van der Waals surface area (Å²) in [5, 5.41) is 1.62. The van der Waals surface area contributed by atoms with Crippen molar-refractivity contribution < 1.29 is 22.9 Å². The molecule has 0 saturated heterocycles. The average molecular weight is 421 g/mol. The Kier molecular flexibility index (Phi) is 9.10. The van der Waals surface area contributed by atoms with Crippen LogP contribution in [0.5, 0.6) is 5.75 Å². The Bertz CT molecular complexity index is 625. The smallest absolute Gasteiger partial charge is 0.147 e. The molecule has 0 N–H and O–H groups in total. The van der Waals surface area contributed by atoms with E-state index in [9.17, 15) is 0 Å². The number of aryl methyl sites for hydroxylation is 1. The van der Waals surface area contributed by atoms with Crippen molar-refractivity contribution in [3.8, 4) is 5.75 Å². The van der Waals surface area contributed by atoms with Gasteiger partial charge < -0.3 is 0 Å². The van der Waals surface area contributed by atoms with Crippen molar-refractivity contribution in [2.45, 2.75) is 59.2 Å². The van der Waals surface area contributed by atoms with Crippen molar-refractivity contribution in [1.29, 1.82) is 0 Å². The summed E-state index contributed by atoms with van der Waals surface area (Å²) in [5.74, 6) is 1.05. The van der Waals surface area contributed by atoms with Crippen LogP contribution in [0, 0.1) is 6.92 Å². The van der Waals surface area contributed by atoms with E-state index in [2.05, 4.69) is 77.7 Å². The molecule has 1 aliphatic carbocycles. The van der Waals surface area contributed by atoms with Gasteiger partial charge in [-0.1, -0.05) is 0 Å². The molecule has 0 heterocycles. The Morgan fingerprint density at radius 1 is 1.04 bits per heavy atom. The number of rotatable bonds is 4. The first-order valence-corrected chi connectivity index (χ1v) is 12.9. The molecule has 134 valence electrons. The van der Waals surface area contributed by atoms with Gasteiger partial charge in [0.2, 0.25) is 0 Å². The Morgan fingerprint density at radius 2 is 1.67 bits per heavy atom. The fraction of sp³-hybridized carbons (Fsp3) is 0.474. The first-order chi connectivity index (χ1) is 10.1. The molecule has 0 atom stereocenters. The summed E-state index contributed by atoms with van der Waals surface area (Å²) in [7, 11) is -1.23. The van der Waals surface area contributed by atoms with Gasteiger partial charge in [0.15, 0.2) is 0 Å². The average Bonchev–Trinajstić information content (AvgIpc) is 2.83. The molecule has 1 aromatic rings. The van der Waals surface area contributed by atoms with Crippen LogP contribution < -0.4 is 3.32 Å². The maximum absolute atomic E-state index is 6.28. The van der Waals surface area contributed by atoms with Crippen LogP contribution >= 0.6 is 24.8 Å². The van der Waals surface area contributed by atoms with E-state index >= 15 is 0 Å². The van der Waals surface area contributed by atoms with E-state index in [0.29, 0.717) is 0 Å².